The standard InChI is InChI=1S/C17H18F3N5OS/c1-24-6-8-25(9-7-24)16-21-10-14(27-16)11-22-23-15(26)12-2-4-13(5-3-12)17(18,19)20/h2-5,10-11H,6-9H2,1H3,(H,23,26). The van der Waals surface area contributed by atoms with Crippen LogP contribution < -0.4 is 10.3 Å². The molecule has 10 heteroatoms. The topological polar surface area (TPSA) is 60.8 Å². The van der Waals surface area contributed by atoms with Crippen molar-refractivity contribution in [2.45, 2.75) is 6.18 Å². The van der Waals surface area contributed by atoms with Gasteiger partial charge in [-0.2, -0.15) is 18.3 Å². The van der Waals surface area contributed by atoms with Crippen molar-refractivity contribution in [1.29, 1.82) is 0 Å². The predicted molar refractivity (Wildman–Crippen MR) is 98.3 cm³/mol. The smallest absolute Gasteiger partial charge is 0.346 e. The second-order valence-corrected chi connectivity index (χ2v) is 7.15. The van der Waals surface area contributed by atoms with E-state index in [9.17, 15) is 18.0 Å². The number of rotatable bonds is 4. The molecule has 1 N–H and O–H groups in total. The van der Waals surface area contributed by atoms with Gasteiger partial charge in [0.1, 0.15) is 0 Å². The number of hydrogen-bond acceptors (Lipinski definition) is 6. The van der Waals surface area contributed by atoms with Crippen LogP contribution >= 0.6 is 11.3 Å². The van der Waals surface area contributed by atoms with Crippen LogP contribution in [0.4, 0.5) is 18.3 Å². The summed E-state index contributed by atoms with van der Waals surface area (Å²) in [6.45, 7) is 3.77. The van der Waals surface area contributed by atoms with Crippen molar-refractivity contribution >= 4 is 28.6 Å². The first-order chi connectivity index (χ1) is 12.8. The Hall–Kier alpha value is -2.46. The number of hydrazone groups is 1. The quantitative estimate of drug-likeness (QED) is 0.637. The highest BCUT2D eigenvalue weighted by Crippen LogP contribution is 2.29. The van der Waals surface area contributed by atoms with Crippen molar-refractivity contribution in [1.82, 2.24) is 15.3 Å². The lowest BCUT2D eigenvalue weighted by molar-refractivity contribution is -0.137. The molecule has 0 saturated carbocycles. The van der Waals surface area contributed by atoms with Crippen molar-refractivity contribution in [3.63, 3.8) is 0 Å². The van der Waals surface area contributed by atoms with Crippen molar-refractivity contribution in [3.8, 4) is 0 Å². The minimum Gasteiger partial charge on any atom is -0.346 e. The van der Waals surface area contributed by atoms with Crippen LogP contribution in [0.2, 0.25) is 0 Å². The van der Waals surface area contributed by atoms with Gasteiger partial charge in [-0.25, -0.2) is 10.4 Å². The maximum atomic E-state index is 12.5. The number of halogens is 3. The maximum Gasteiger partial charge on any atom is 0.416 e. The number of carbonyl (C=O) groups excluding carboxylic acids is 1. The van der Waals surface area contributed by atoms with Crippen LogP contribution in [0.15, 0.2) is 35.6 Å². The summed E-state index contributed by atoms with van der Waals surface area (Å²) in [5, 5.41) is 4.76. The van der Waals surface area contributed by atoms with Gasteiger partial charge in [0.2, 0.25) is 0 Å². The number of alkyl halides is 3. The number of anilines is 1. The second kappa shape index (κ2) is 8.05. The SMILES string of the molecule is CN1CCN(c2ncc(C=NNC(=O)c3ccc(C(F)(F)F)cc3)s2)CC1. The third-order valence-electron chi connectivity index (χ3n) is 4.12. The lowest BCUT2D eigenvalue weighted by Gasteiger charge is -2.32. The summed E-state index contributed by atoms with van der Waals surface area (Å²) in [6.07, 6.45) is -1.29. The highest BCUT2D eigenvalue weighted by molar-refractivity contribution is 7.17. The molecule has 3 rings (SSSR count). The third-order valence-corrected chi connectivity index (χ3v) is 5.11. The van der Waals surface area contributed by atoms with E-state index in [0.717, 1.165) is 60.5 Å². The van der Waals surface area contributed by atoms with E-state index in [4.69, 9.17) is 0 Å². The number of carbonyl (C=O) groups is 1. The summed E-state index contributed by atoms with van der Waals surface area (Å²) in [5.74, 6) is -0.580. The molecule has 144 valence electrons. The number of piperazine rings is 1. The Balaban J connectivity index is 1.55. The number of aromatic nitrogens is 1. The van der Waals surface area contributed by atoms with Gasteiger partial charge in [0.15, 0.2) is 5.13 Å². The van der Waals surface area contributed by atoms with E-state index in [0.29, 0.717) is 0 Å². The minimum absolute atomic E-state index is 0.0996. The molecular formula is C17H18F3N5OS. The van der Waals surface area contributed by atoms with Crippen LogP contribution in [0.25, 0.3) is 0 Å². The molecule has 0 bridgehead atoms. The lowest BCUT2D eigenvalue weighted by Crippen LogP contribution is -2.44. The fourth-order valence-electron chi connectivity index (χ4n) is 2.51. The fraction of sp³-hybridized carbons (Fsp3) is 0.353. The minimum atomic E-state index is -4.43. The molecule has 1 amide bonds. The Labute approximate surface area is 158 Å². The molecule has 1 aliphatic heterocycles. The van der Waals surface area contributed by atoms with Gasteiger partial charge in [0, 0.05) is 37.9 Å². The number of amides is 1. The Bertz CT molecular complexity index is 811. The molecule has 1 saturated heterocycles. The summed E-state index contributed by atoms with van der Waals surface area (Å²) in [4.78, 5) is 21.5. The molecule has 0 spiro atoms. The van der Waals surface area contributed by atoms with Crippen molar-refractivity contribution in [3.05, 3.63) is 46.5 Å². The Kier molecular flexibility index (Phi) is 5.76. The van der Waals surface area contributed by atoms with E-state index in [-0.39, 0.29) is 5.56 Å². The van der Waals surface area contributed by atoms with E-state index >= 15 is 0 Å². The normalized spacial score (nSPS) is 16.1. The van der Waals surface area contributed by atoms with Crippen LogP contribution in [0.1, 0.15) is 20.8 Å². The van der Waals surface area contributed by atoms with Crippen LogP contribution in [-0.4, -0.2) is 55.2 Å². The van der Waals surface area contributed by atoms with E-state index in [1.165, 1.54) is 17.6 Å². The molecular weight excluding hydrogens is 379 g/mol. The highest BCUT2D eigenvalue weighted by Gasteiger charge is 2.30. The summed E-state index contributed by atoms with van der Waals surface area (Å²) in [6, 6.07) is 3.96. The average Bonchev–Trinajstić information content (AvgIpc) is 3.10. The van der Waals surface area contributed by atoms with Gasteiger partial charge in [0.05, 0.1) is 16.7 Å². The lowest BCUT2D eigenvalue weighted by atomic mass is 10.1. The van der Waals surface area contributed by atoms with Gasteiger partial charge in [0.25, 0.3) is 5.91 Å². The first-order valence-electron chi connectivity index (χ1n) is 8.23. The zero-order valence-electron chi connectivity index (χ0n) is 14.5. The molecule has 1 aromatic heterocycles. The van der Waals surface area contributed by atoms with Crippen molar-refractivity contribution in [2.24, 2.45) is 5.10 Å². The van der Waals surface area contributed by atoms with Gasteiger partial charge in [-0.3, -0.25) is 4.79 Å². The Morgan fingerprint density at radius 3 is 2.52 bits per heavy atom. The van der Waals surface area contributed by atoms with Gasteiger partial charge in [-0.05, 0) is 31.3 Å². The first kappa shape index (κ1) is 19.3. The van der Waals surface area contributed by atoms with Gasteiger partial charge >= 0.3 is 6.18 Å². The number of likely N-dealkylation sites (N-methyl/N-ethyl adjacent to an activating group) is 1. The summed E-state index contributed by atoms with van der Waals surface area (Å²) in [7, 11) is 2.08. The van der Waals surface area contributed by atoms with Gasteiger partial charge < -0.3 is 9.80 Å². The molecule has 0 aliphatic carbocycles. The molecule has 1 aliphatic rings. The number of nitrogens with one attached hydrogen (secondary N) is 1. The molecule has 0 atom stereocenters. The summed E-state index contributed by atoms with van der Waals surface area (Å²) < 4.78 is 37.6. The number of thiazole rings is 1. The summed E-state index contributed by atoms with van der Waals surface area (Å²) in [5.41, 5.74) is 1.61. The molecule has 1 fully saturated rings. The second-order valence-electron chi connectivity index (χ2n) is 6.11. The van der Waals surface area contributed by atoms with Gasteiger partial charge in [-0.15, -0.1) is 0 Å². The van der Waals surface area contributed by atoms with Crippen LogP contribution in [0, 0.1) is 0 Å². The third kappa shape index (κ3) is 5.04. The fourth-order valence-corrected chi connectivity index (χ4v) is 3.35. The molecule has 6 nitrogen and oxygen atoms in total. The maximum absolute atomic E-state index is 12.5. The highest BCUT2D eigenvalue weighted by atomic mass is 32.1. The monoisotopic (exact) mass is 397 g/mol. The first-order valence-corrected chi connectivity index (χ1v) is 9.04. The molecule has 2 aromatic rings. The molecule has 1 aromatic carbocycles. The van der Waals surface area contributed by atoms with E-state index in [2.05, 4.69) is 32.4 Å². The summed E-state index contributed by atoms with van der Waals surface area (Å²) >= 11 is 1.46. The molecule has 0 radical (unpaired) electrons. The van der Waals surface area contributed by atoms with E-state index in [1.54, 1.807) is 6.20 Å². The zero-order valence-corrected chi connectivity index (χ0v) is 15.3. The predicted octanol–water partition coefficient (Wildman–Crippen LogP) is 2.68. The van der Waals surface area contributed by atoms with Crippen LogP contribution in [0.5, 0.6) is 0 Å². The number of nitrogens with zero attached hydrogens (tertiary/aromatic N) is 4. The molecule has 27 heavy (non-hydrogen) atoms. The zero-order chi connectivity index (χ0) is 19.4. The Morgan fingerprint density at radius 1 is 1.22 bits per heavy atom. The average molecular weight is 397 g/mol. The largest absolute Gasteiger partial charge is 0.416 e. The van der Waals surface area contributed by atoms with E-state index < -0.39 is 17.6 Å². The molecule has 0 unspecified atom stereocenters. The molecule has 2 heterocycles. The van der Waals surface area contributed by atoms with Crippen molar-refractivity contribution in [2.75, 3.05) is 38.1 Å². The van der Waals surface area contributed by atoms with Gasteiger partial charge in [-0.1, -0.05) is 11.3 Å². The van der Waals surface area contributed by atoms with E-state index in [1.807, 2.05) is 0 Å². The number of benzene rings is 1. The van der Waals surface area contributed by atoms with Crippen molar-refractivity contribution < 1.29 is 18.0 Å². The van der Waals surface area contributed by atoms with Crippen LogP contribution in [-0.2, 0) is 6.18 Å². The van der Waals surface area contributed by atoms with Crippen LogP contribution in [0.3, 0.4) is 0 Å². The Morgan fingerprint density at radius 2 is 1.89 bits per heavy atom. The number of hydrogen-bond donors (Lipinski definition) is 1.